The minimum atomic E-state index is -0.360. The summed E-state index contributed by atoms with van der Waals surface area (Å²) in [6.07, 6.45) is 0. The quantitative estimate of drug-likeness (QED) is 0.674. The van der Waals surface area contributed by atoms with Crippen LogP contribution in [0.5, 0.6) is 5.75 Å². The summed E-state index contributed by atoms with van der Waals surface area (Å²) in [6.45, 7) is 6.20. The first kappa shape index (κ1) is 14.1. The minimum absolute atomic E-state index is 0.0881. The van der Waals surface area contributed by atoms with E-state index in [1.54, 1.807) is 24.3 Å². The lowest BCUT2D eigenvalue weighted by molar-refractivity contribution is 0.245. The molecular weight excluding hydrogens is 232 g/mol. The van der Waals surface area contributed by atoms with Crippen molar-refractivity contribution in [3.8, 4) is 5.75 Å². The molecular formula is C13H18N2O3. The SMILES string of the molecule is C=C(C)COc1cccc(NC(=O)NCCO)c1. The third-order valence-electron chi connectivity index (χ3n) is 1.97. The van der Waals surface area contributed by atoms with Gasteiger partial charge in [0.2, 0.25) is 0 Å². The van der Waals surface area contributed by atoms with E-state index in [4.69, 9.17) is 9.84 Å². The van der Waals surface area contributed by atoms with Crippen LogP contribution in [0.15, 0.2) is 36.4 Å². The number of ether oxygens (including phenoxy) is 1. The third kappa shape index (κ3) is 5.36. The van der Waals surface area contributed by atoms with Gasteiger partial charge < -0.3 is 20.5 Å². The number of carbonyl (C=O) groups is 1. The van der Waals surface area contributed by atoms with Gasteiger partial charge in [-0.15, -0.1) is 0 Å². The Hall–Kier alpha value is -2.01. The summed E-state index contributed by atoms with van der Waals surface area (Å²) in [5.74, 6) is 0.665. The van der Waals surface area contributed by atoms with Gasteiger partial charge in [0.1, 0.15) is 12.4 Å². The molecule has 0 aliphatic carbocycles. The van der Waals surface area contributed by atoms with E-state index >= 15 is 0 Å². The van der Waals surface area contributed by atoms with E-state index in [1.165, 1.54) is 0 Å². The van der Waals surface area contributed by atoms with Gasteiger partial charge in [0.25, 0.3) is 0 Å². The highest BCUT2D eigenvalue weighted by Gasteiger charge is 2.02. The molecule has 1 aromatic rings. The highest BCUT2D eigenvalue weighted by molar-refractivity contribution is 5.89. The van der Waals surface area contributed by atoms with Crippen LogP contribution >= 0.6 is 0 Å². The smallest absolute Gasteiger partial charge is 0.319 e. The third-order valence-corrected chi connectivity index (χ3v) is 1.97. The number of nitrogens with one attached hydrogen (secondary N) is 2. The van der Waals surface area contributed by atoms with Crippen molar-refractivity contribution in [1.29, 1.82) is 0 Å². The maximum absolute atomic E-state index is 11.4. The summed E-state index contributed by atoms with van der Waals surface area (Å²) in [5, 5.41) is 13.7. The summed E-state index contributed by atoms with van der Waals surface area (Å²) < 4.78 is 5.46. The predicted octanol–water partition coefficient (Wildman–Crippen LogP) is 1.76. The highest BCUT2D eigenvalue weighted by atomic mass is 16.5. The number of anilines is 1. The number of hydrogen-bond donors (Lipinski definition) is 3. The van der Waals surface area contributed by atoms with Crippen LogP contribution in [0.3, 0.4) is 0 Å². The fourth-order valence-electron chi connectivity index (χ4n) is 1.21. The summed E-state index contributed by atoms with van der Waals surface area (Å²) in [4.78, 5) is 11.4. The molecule has 0 radical (unpaired) electrons. The monoisotopic (exact) mass is 250 g/mol. The first-order valence-electron chi connectivity index (χ1n) is 5.65. The fraction of sp³-hybridized carbons (Fsp3) is 0.308. The molecule has 1 rings (SSSR count). The van der Waals surface area contributed by atoms with Gasteiger partial charge in [0.05, 0.1) is 6.61 Å². The molecule has 0 fully saturated rings. The molecule has 0 aliphatic rings. The summed E-state index contributed by atoms with van der Waals surface area (Å²) in [5.41, 5.74) is 1.55. The Balaban J connectivity index is 2.53. The molecule has 0 heterocycles. The van der Waals surface area contributed by atoms with E-state index in [1.807, 2.05) is 6.92 Å². The van der Waals surface area contributed by atoms with Gasteiger partial charge in [-0.25, -0.2) is 4.79 Å². The molecule has 98 valence electrons. The van der Waals surface area contributed by atoms with Gasteiger partial charge in [-0.1, -0.05) is 12.6 Å². The average Bonchev–Trinajstić information content (AvgIpc) is 2.34. The molecule has 3 N–H and O–H groups in total. The lowest BCUT2D eigenvalue weighted by Gasteiger charge is -2.09. The van der Waals surface area contributed by atoms with Gasteiger partial charge in [0, 0.05) is 18.3 Å². The predicted molar refractivity (Wildman–Crippen MR) is 70.9 cm³/mol. The standard InChI is InChI=1S/C13H18N2O3/c1-10(2)9-18-12-5-3-4-11(8-12)15-13(17)14-6-7-16/h3-5,8,16H,1,6-7,9H2,2H3,(H2,14,15,17). The van der Waals surface area contributed by atoms with Crippen LogP contribution in [0.25, 0.3) is 0 Å². The molecule has 0 spiro atoms. The van der Waals surface area contributed by atoms with Crippen molar-refractivity contribution in [2.75, 3.05) is 25.1 Å². The van der Waals surface area contributed by atoms with Gasteiger partial charge in [-0.3, -0.25) is 0 Å². The number of rotatable bonds is 6. The Morgan fingerprint density at radius 3 is 2.94 bits per heavy atom. The second kappa shape index (κ2) is 7.34. The Kier molecular flexibility index (Phi) is 5.73. The number of urea groups is 1. The molecule has 0 aliphatic heterocycles. The van der Waals surface area contributed by atoms with Crippen LogP contribution in [0.2, 0.25) is 0 Å². The van der Waals surface area contributed by atoms with Gasteiger partial charge in [0.15, 0.2) is 0 Å². The van der Waals surface area contributed by atoms with E-state index in [9.17, 15) is 4.79 Å². The van der Waals surface area contributed by atoms with Crippen LogP contribution in [-0.4, -0.2) is 30.9 Å². The van der Waals surface area contributed by atoms with Crippen molar-refractivity contribution >= 4 is 11.7 Å². The summed E-state index contributed by atoms with van der Waals surface area (Å²) in [7, 11) is 0. The first-order chi connectivity index (χ1) is 8.61. The normalized spacial score (nSPS) is 9.67. The van der Waals surface area contributed by atoms with Crippen LogP contribution in [0, 0.1) is 0 Å². The summed E-state index contributed by atoms with van der Waals surface area (Å²) >= 11 is 0. The lowest BCUT2D eigenvalue weighted by Crippen LogP contribution is -2.30. The van der Waals surface area contributed by atoms with Crippen LogP contribution < -0.4 is 15.4 Å². The van der Waals surface area contributed by atoms with Crippen molar-refractivity contribution in [2.24, 2.45) is 0 Å². The first-order valence-corrected chi connectivity index (χ1v) is 5.65. The topological polar surface area (TPSA) is 70.6 Å². The zero-order chi connectivity index (χ0) is 13.4. The molecule has 5 nitrogen and oxygen atoms in total. The Bertz CT molecular complexity index is 418. The van der Waals surface area contributed by atoms with E-state index in [-0.39, 0.29) is 19.2 Å². The van der Waals surface area contributed by atoms with E-state index in [0.29, 0.717) is 18.0 Å². The van der Waals surface area contributed by atoms with Crippen molar-refractivity contribution < 1.29 is 14.6 Å². The van der Waals surface area contributed by atoms with Crippen molar-refractivity contribution in [2.45, 2.75) is 6.92 Å². The second-order valence-electron chi connectivity index (χ2n) is 3.88. The highest BCUT2D eigenvalue weighted by Crippen LogP contribution is 2.17. The van der Waals surface area contributed by atoms with Gasteiger partial charge in [-0.05, 0) is 24.6 Å². The Morgan fingerprint density at radius 2 is 2.28 bits per heavy atom. The zero-order valence-corrected chi connectivity index (χ0v) is 10.4. The van der Waals surface area contributed by atoms with E-state index in [2.05, 4.69) is 17.2 Å². The molecule has 5 heteroatoms. The summed E-state index contributed by atoms with van der Waals surface area (Å²) in [6, 6.07) is 6.71. The number of benzene rings is 1. The molecule has 18 heavy (non-hydrogen) atoms. The molecule has 0 aromatic heterocycles. The van der Waals surface area contributed by atoms with E-state index < -0.39 is 0 Å². The fourth-order valence-corrected chi connectivity index (χ4v) is 1.21. The second-order valence-corrected chi connectivity index (χ2v) is 3.88. The Labute approximate surface area is 106 Å². The lowest BCUT2D eigenvalue weighted by atomic mass is 10.3. The number of carbonyl (C=O) groups excluding carboxylic acids is 1. The molecule has 0 unspecified atom stereocenters. The maximum atomic E-state index is 11.4. The van der Waals surface area contributed by atoms with Crippen LogP contribution in [0.4, 0.5) is 10.5 Å². The van der Waals surface area contributed by atoms with Crippen molar-refractivity contribution in [3.05, 3.63) is 36.4 Å². The van der Waals surface area contributed by atoms with Crippen molar-refractivity contribution in [1.82, 2.24) is 5.32 Å². The maximum Gasteiger partial charge on any atom is 0.319 e. The number of aliphatic hydroxyl groups excluding tert-OH is 1. The van der Waals surface area contributed by atoms with Crippen LogP contribution in [-0.2, 0) is 0 Å². The minimum Gasteiger partial charge on any atom is -0.489 e. The molecule has 1 aromatic carbocycles. The molecule has 0 bridgehead atoms. The largest absolute Gasteiger partial charge is 0.489 e. The number of hydrogen-bond acceptors (Lipinski definition) is 3. The van der Waals surface area contributed by atoms with Gasteiger partial charge >= 0.3 is 6.03 Å². The average molecular weight is 250 g/mol. The molecule has 0 saturated heterocycles. The number of amides is 2. The molecule has 2 amide bonds. The number of aliphatic hydroxyl groups is 1. The van der Waals surface area contributed by atoms with Gasteiger partial charge in [-0.2, -0.15) is 0 Å². The van der Waals surface area contributed by atoms with Crippen molar-refractivity contribution in [3.63, 3.8) is 0 Å². The Morgan fingerprint density at radius 1 is 1.50 bits per heavy atom. The molecule has 0 atom stereocenters. The van der Waals surface area contributed by atoms with E-state index in [0.717, 1.165) is 5.57 Å². The van der Waals surface area contributed by atoms with Crippen LogP contribution in [0.1, 0.15) is 6.92 Å². The molecule has 0 saturated carbocycles. The zero-order valence-electron chi connectivity index (χ0n) is 10.4.